The molecular formula is C14H14FNO. The second-order valence-corrected chi connectivity index (χ2v) is 4.06. The first-order chi connectivity index (χ1) is 8.06. The molecule has 0 heterocycles. The lowest BCUT2D eigenvalue weighted by Gasteiger charge is -2.10. The number of aryl methyl sites for hydroxylation is 2. The van der Waals surface area contributed by atoms with Gasteiger partial charge >= 0.3 is 0 Å². The van der Waals surface area contributed by atoms with Crippen molar-refractivity contribution in [2.24, 2.45) is 0 Å². The van der Waals surface area contributed by atoms with Gasteiger partial charge in [0.2, 0.25) is 0 Å². The molecule has 0 aliphatic heterocycles. The topological polar surface area (TPSA) is 35.2 Å². The summed E-state index contributed by atoms with van der Waals surface area (Å²) >= 11 is 0. The van der Waals surface area contributed by atoms with Crippen LogP contribution in [0.1, 0.15) is 11.1 Å². The van der Waals surface area contributed by atoms with Crippen molar-refractivity contribution in [2.45, 2.75) is 13.8 Å². The molecule has 2 aromatic rings. The van der Waals surface area contributed by atoms with Gasteiger partial charge in [-0.2, -0.15) is 0 Å². The maximum atomic E-state index is 13.5. The average Bonchev–Trinajstić information content (AvgIpc) is 2.25. The van der Waals surface area contributed by atoms with Crippen molar-refractivity contribution < 1.29 is 9.13 Å². The van der Waals surface area contributed by atoms with E-state index in [0.29, 0.717) is 11.4 Å². The Labute approximate surface area is 99.8 Å². The molecular weight excluding hydrogens is 217 g/mol. The van der Waals surface area contributed by atoms with Crippen LogP contribution in [0.25, 0.3) is 0 Å². The highest BCUT2D eigenvalue weighted by Gasteiger charge is 2.06. The van der Waals surface area contributed by atoms with E-state index in [1.54, 1.807) is 6.07 Å². The second-order valence-electron chi connectivity index (χ2n) is 4.06. The normalized spacial score (nSPS) is 10.3. The smallest absolute Gasteiger partial charge is 0.167 e. The van der Waals surface area contributed by atoms with Crippen LogP contribution in [0, 0.1) is 19.7 Å². The van der Waals surface area contributed by atoms with E-state index in [4.69, 9.17) is 10.5 Å². The van der Waals surface area contributed by atoms with Gasteiger partial charge in [0.05, 0.1) is 0 Å². The van der Waals surface area contributed by atoms with Crippen LogP contribution >= 0.6 is 0 Å². The van der Waals surface area contributed by atoms with E-state index in [1.807, 2.05) is 32.0 Å². The molecule has 0 saturated carbocycles. The van der Waals surface area contributed by atoms with E-state index in [9.17, 15) is 4.39 Å². The van der Waals surface area contributed by atoms with Gasteiger partial charge in [-0.3, -0.25) is 0 Å². The average molecular weight is 231 g/mol. The SMILES string of the molecule is Cc1ccc(Oc2ccc(N)cc2F)c(C)c1. The summed E-state index contributed by atoms with van der Waals surface area (Å²) in [5.74, 6) is 0.385. The van der Waals surface area contributed by atoms with Gasteiger partial charge < -0.3 is 10.5 Å². The fourth-order valence-electron chi connectivity index (χ4n) is 1.63. The Hall–Kier alpha value is -2.03. The first-order valence-corrected chi connectivity index (χ1v) is 5.36. The van der Waals surface area contributed by atoms with Gasteiger partial charge in [0.1, 0.15) is 5.75 Å². The molecule has 0 radical (unpaired) electrons. The molecule has 0 fully saturated rings. The van der Waals surface area contributed by atoms with Gasteiger partial charge in [0, 0.05) is 11.8 Å². The van der Waals surface area contributed by atoms with Crippen LogP contribution in [0.3, 0.4) is 0 Å². The van der Waals surface area contributed by atoms with E-state index in [0.717, 1.165) is 11.1 Å². The van der Waals surface area contributed by atoms with Crippen LogP contribution < -0.4 is 10.5 Å². The minimum atomic E-state index is -0.454. The third-order valence-electron chi connectivity index (χ3n) is 2.51. The molecule has 17 heavy (non-hydrogen) atoms. The molecule has 2 rings (SSSR count). The van der Waals surface area contributed by atoms with Gasteiger partial charge in [-0.15, -0.1) is 0 Å². The summed E-state index contributed by atoms with van der Waals surface area (Å²) in [6, 6.07) is 10.1. The van der Waals surface area contributed by atoms with E-state index in [1.165, 1.54) is 12.1 Å². The van der Waals surface area contributed by atoms with Crippen LogP contribution in [0.5, 0.6) is 11.5 Å². The van der Waals surface area contributed by atoms with E-state index in [2.05, 4.69) is 0 Å². The molecule has 0 bridgehead atoms. The molecule has 0 aliphatic rings. The lowest BCUT2D eigenvalue weighted by molar-refractivity contribution is 0.440. The maximum Gasteiger partial charge on any atom is 0.167 e. The summed E-state index contributed by atoms with van der Waals surface area (Å²) in [5, 5.41) is 0. The highest BCUT2D eigenvalue weighted by atomic mass is 19.1. The van der Waals surface area contributed by atoms with Crippen LogP contribution in [-0.2, 0) is 0 Å². The lowest BCUT2D eigenvalue weighted by atomic mass is 10.1. The molecule has 88 valence electrons. The Balaban J connectivity index is 2.31. The molecule has 0 aliphatic carbocycles. The van der Waals surface area contributed by atoms with Crippen molar-refractivity contribution in [3.05, 3.63) is 53.3 Å². The van der Waals surface area contributed by atoms with Crippen molar-refractivity contribution in [1.29, 1.82) is 0 Å². The van der Waals surface area contributed by atoms with Crippen LogP contribution in [0.2, 0.25) is 0 Å². The lowest BCUT2D eigenvalue weighted by Crippen LogP contribution is -1.93. The Morgan fingerprint density at radius 1 is 1.00 bits per heavy atom. The third-order valence-corrected chi connectivity index (χ3v) is 2.51. The molecule has 0 saturated heterocycles. The molecule has 0 spiro atoms. The number of ether oxygens (including phenoxy) is 1. The first kappa shape index (κ1) is 11.5. The molecule has 0 amide bonds. The minimum absolute atomic E-state index is 0.186. The van der Waals surface area contributed by atoms with Crippen molar-refractivity contribution in [1.82, 2.24) is 0 Å². The van der Waals surface area contributed by atoms with Gasteiger partial charge in [-0.05, 0) is 37.6 Å². The van der Waals surface area contributed by atoms with E-state index < -0.39 is 5.82 Å². The van der Waals surface area contributed by atoms with Crippen LogP contribution in [0.4, 0.5) is 10.1 Å². The first-order valence-electron chi connectivity index (χ1n) is 5.36. The molecule has 2 N–H and O–H groups in total. The van der Waals surface area contributed by atoms with E-state index >= 15 is 0 Å². The summed E-state index contributed by atoms with van der Waals surface area (Å²) in [4.78, 5) is 0. The Kier molecular flexibility index (Phi) is 3.00. The number of hydrogen-bond donors (Lipinski definition) is 1. The highest BCUT2D eigenvalue weighted by Crippen LogP contribution is 2.28. The maximum absolute atomic E-state index is 13.5. The number of halogens is 1. The number of benzene rings is 2. The minimum Gasteiger partial charge on any atom is -0.454 e. The predicted octanol–water partition coefficient (Wildman–Crippen LogP) is 3.82. The van der Waals surface area contributed by atoms with Gasteiger partial charge in [-0.25, -0.2) is 4.39 Å². The van der Waals surface area contributed by atoms with Crippen molar-refractivity contribution >= 4 is 5.69 Å². The van der Waals surface area contributed by atoms with Crippen molar-refractivity contribution in [3.63, 3.8) is 0 Å². The Morgan fingerprint density at radius 2 is 1.71 bits per heavy atom. The number of nitrogens with two attached hydrogens (primary N) is 1. The molecule has 2 nitrogen and oxygen atoms in total. The van der Waals surface area contributed by atoms with Gasteiger partial charge in [0.15, 0.2) is 11.6 Å². The number of nitrogen functional groups attached to an aromatic ring is 1. The van der Waals surface area contributed by atoms with Crippen molar-refractivity contribution in [2.75, 3.05) is 5.73 Å². The zero-order chi connectivity index (χ0) is 12.4. The Morgan fingerprint density at radius 3 is 2.35 bits per heavy atom. The summed E-state index contributed by atoms with van der Waals surface area (Å²) in [6.07, 6.45) is 0. The second kappa shape index (κ2) is 4.45. The fourth-order valence-corrected chi connectivity index (χ4v) is 1.63. The zero-order valence-electron chi connectivity index (χ0n) is 9.83. The van der Waals surface area contributed by atoms with Gasteiger partial charge in [0.25, 0.3) is 0 Å². The summed E-state index contributed by atoms with van der Waals surface area (Å²) in [6.45, 7) is 3.93. The molecule has 3 heteroatoms. The van der Waals surface area contributed by atoms with Gasteiger partial charge in [-0.1, -0.05) is 17.7 Å². The quantitative estimate of drug-likeness (QED) is 0.797. The van der Waals surface area contributed by atoms with Crippen molar-refractivity contribution in [3.8, 4) is 11.5 Å². The molecule has 0 atom stereocenters. The monoisotopic (exact) mass is 231 g/mol. The largest absolute Gasteiger partial charge is 0.454 e. The molecule has 2 aromatic carbocycles. The summed E-state index contributed by atoms with van der Waals surface area (Å²) in [5.41, 5.74) is 7.98. The highest BCUT2D eigenvalue weighted by molar-refractivity contribution is 5.45. The molecule has 0 aromatic heterocycles. The summed E-state index contributed by atoms with van der Waals surface area (Å²) in [7, 11) is 0. The standard InChI is InChI=1S/C14H14FNO/c1-9-3-5-13(10(2)7-9)17-14-6-4-11(16)8-12(14)15/h3-8H,16H2,1-2H3. The van der Waals surface area contributed by atoms with Crippen LogP contribution in [-0.4, -0.2) is 0 Å². The van der Waals surface area contributed by atoms with E-state index in [-0.39, 0.29) is 5.75 Å². The Bertz CT molecular complexity index is 502. The number of hydrogen-bond acceptors (Lipinski definition) is 2. The molecule has 0 unspecified atom stereocenters. The third kappa shape index (κ3) is 2.56. The fraction of sp³-hybridized carbons (Fsp3) is 0.143. The van der Waals surface area contributed by atoms with Crippen LogP contribution in [0.15, 0.2) is 36.4 Å². The number of anilines is 1. The predicted molar refractivity (Wildman–Crippen MR) is 66.8 cm³/mol. The summed E-state index contributed by atoms with van der Waals surface area (Å²) < 4.78 is 19.1. The number of rotatable bonds is 2. The zero-order valence-corrected chi connectivity index (χ0v) is 9.83.